The van der Waals surface area contributed by atoms with E-state index in [2.05, 4.69) is 9.72 Å². The SMILES string of the molecule is N#C/C(=C\c1ccccc1OC(F)F)c1ccc(C(F)(F)F)cn1. The predicted molar refractivity (Wildman–Crippen MR) is 75.8 cm³/mol. The number of allylic oxidation sites excluding steroid dienone is 1. The zero-order valence-corrected chi connectivity index (χ0v) is 11.9. The number of rotatable bonds is 4. The van der Waals surface area contributed by atoms with E-state index < -0.39 is 18.4 Å². The molecule has 1 aromatic carbocycles. The van der Waals surface area contributed by atoms with Gasteiger partial charge in [0.25, 0.3) is 0 Å². The lowest BCUT2D eigenvalue weighted by molar-refractivity contribution is -0.137. The molecule has 3 nitrogen and oxygen atoms in total. The number of benzene rings is 1. The summed E-state index contributed by atoms with van der Waals surface area (Å²) in [6.45, 7) is -3.05. The van der Waals surface area contributed by atoms with Crippen molar-refractivity contribution in [1.29, 1.82) is 5.26 Å². The number of para-hydroxylation sites is 1. The Bertz CT molecular complexity index is 776. The second-order valence-electron chi connectivity index (χ2n) is 4.52. The van der Waals surface area contributed by atoms with Gasteiger partial charge in [-0.25, -0.2) is 0 Å². The standard InChI is InChI=1S/C16H9F5N2O/c17-15(18)24-14-4-2-1-3-10(14)7-11(8-22)13-6-5-12(9-23-13)16(19,20)21/h1-7,9,15H/b11-7+. The number of nitriles is 1. The van der Waals surface area contributed by atoms with Crippen molar-refractivity contribution >= 4 is 11.6 Å². The van der Waals surface area contributed by atoms with Gasteiger partial charge in [-0.05, 0) is 24.3 Å². The number of alkyl halides is 5. The molecular formula is C16H9F5N2O. The van der Waals surface area contributed by atoms with Crippen molar-refractivity contribution in [2.45, 2.75) is 12.8 Å². The highest BCUT2D eigenvalue weighted by atomic mass is 19.4. The van der Waals surface area contributed by atoms with Crippen LogP contribution < -0.4 is 4.74 Å². The van der Waals surface area contributed by atoms with Crippen molar-refractivity contribution in [2.24, 2.45) is 0 Å². The van der Waals surface area contributed by atoms with E-state index in [1.54, 1.807) is 12.1 Å². The molecule has 0 aliphatic rings. The van der Waals surface area contributed by atoms with E-state index in [4.69, 9.17) is 0 Å². The van der Waals surface area contributed by atoms with Crippen LogP contribution in [0.4, 0.5) is 22.0 Å². The van der Waals surface area contributed by atoms with Crippen molar-refractivity contribution in [1.82, 2.24) is 4.98 Å². The van der Waals surface area contributed by atoms with E-state index in [9.17, 15) is 27.2 Å². The van der Waals surface area contributed by atoms with Crippen LogP contribution in [0.1, 0.15) is 16.8 Å². The van der Waals surface area contributed by atoms with Gasteiger partial charge in [-0.3, -0.25) is 4.98 Å². The summed E-state index contributed by atoms with van der Waals surface area (Å²) in [5.74, 6) is -0.160. The van der Waals surface area contributed by atoms with Gasteiger partial charge in [0.1, 0.15) is 11.8 Å². The van der Waals surface area contributed by atoms with Crippen molar-refractivity contribution < 1.29 is 26.7 Å². The van der Waals surface area contributed by atoms with Crippen LogP contribution in [0.5, 0.6) is 5.75 Å². The number of hydrogen-bond donors (Lipinski definition) is 0. The highest BCUT2D eigenvalue weighted by Gasteiger charge is 2.30. The topological polar surface area (TPSA) is 45.9 Å². The van der Waals surface area contributed by atoms with E-state index in [1.807, 2.05) is 0 Å². The largest absolute Gasteiger partial charge is 0.434 e. The summed E-state index contributed by atoms with van der Waals surface area (Å²) < 4.78 is 66.6. The third kappa shape index (κ3) is 4.29. The van der Waals surface area contributed by atoms with Gasteiger partial charge in [-0.1, -0.05) is 18.2 Å². The van der Waals surface area contributed by atoms with Gasteiger partial charge in [-0.2, -0.15) is 27.2 Å². The molecule has 0 spiro atoms. The number of pyridine rings is 1. The molecular weight excluding hydrogens is 331 g/mol. The Morgan fingerprint density at radius 1 is 1.17 bits per heavy atom. The lowest BCUT2D eigenvalue weighted by atomic mass is 10.1. The van der Waals surface area contributed by atoms with Gasteiger partial charge < -0.3 is 4.74 Å². The highest BCUT2D eigenvalue weighted by Crippen LogP contribution is 2.30. The van der Waals surface area contributed by atoms with Crippen LogP contribution in [0.3, 0.4) is 0 Å². The van der Waals surface area contributed by atoms with Crippen LogP contribution in [-0.4, -0.2) is 11.6 Å². The molecule has 2 aromatic rings. The number of ether oxygens (including phenoxy) is 1. The number of hydrogen-bond acceptors (Lipinski definition) is 3. The summed E-state index contributed by atoms with van der Waals surface area (Å²) in [5.41, 5.74) is -0.882. The maximum absolute atomic E-state index is 12.5. The van der Waals surface area contributed by atoms with Crippen LogP contribution >= 0.6 is 0 Å². The van der Waals surface area contributed by atoms with Gasteiger partial charge in [0.05, 0.1) is 16.8 Å². The molecule has 0 atom stereocenters. The molecule has 0 N–H and O–H groups in total. The molecule has 0 amide bonds. The zero-order valence-electron chi connectivity index (χ0n) is 11.9. The molecule has 0 bridgehead atoms. The van der Waals surface area contributed by atoms with Gasteiger partial charge in [0, 0.05) is 11.8 Å². The Morgan fingerprint density at radius 2 is 1.88 bits per heavy atom. The van der Waals surface area contributed by atoms with E-state index in [1.165, 1.54) is 24.3 Å². The van der Waals surface area contributed by atoms with E-state index in [0.29, 0.717) is 6.20 Å². The molecule has 124 valence electrons. The molecule has 0 saturated heterocycles. The average Bonchev–Trinajstić information content (AvgIpc) is 2.53. The Hall–Kier alpha value is -2.95. The number of halogens is 5. The van der Waals surface area contributed by atoms with Gasteiger partial charge in [0.15, 0.2) is 0 Å². The maximum Gasteiger partial charge on any atom is 0.417 e. The van der Waals surface area contributed by atoms with Gasteiger partial charge in [-0.15, -0.1) is 0 Å². The van der Waals surface area contributed by atoms with E-state index in [-0.39, 0.29) is 22.6 Å². The van der Waals surface area contributed by atoms with Crippen LogP contribution in [-0.2, 0) is 6.18 Å². The van der Waals surface area contributed by atoms with E-state index in [0.717, 1.165) is 12.1 Å². The summed E-state index contributed by atoms with van der Waals surface area (Å²) in [6, 6.07) is 9.33. The first kappa shape index (κ1) is 17.4. The molecule has 2 rings (SSSR count). The summed E-state index contributed by atoms with van der Waals surface area (Å²) in [6.07, 6.45) is -2.73. The molecule has 1 aromatic heterocycles. The fraction of sp³-hybridized carbons (Fsp3) is 0.125. The Balaban J connectivity index is 2.39. The van der Waals surface area contributed by atoms with Crippen molar-refractivity contribution in [3.63, 3.8) is 0 Å². The molecule has 0 aliphatic heterocycles. The average molecular weight is 340 g/mol. The highest BCUT2D eigenvalue weighted by molar-refractivity contribution is 5.89. The van der Waals surface area contributed by atoms with Gasteiger partial charge >= 0.3 is 12.8 Å². The summed E-state index contributed by atoms with van der Waals surface area (Å²) in [7, 11) is 0. The maximum atomic E-state index is 12.5. The summed E-state index contributed by atoms with van der Waals surface area (Å²) in [4.78, 5) is 3.60. The van der Waals surface area contributed by atoms with Crippen molar-refractivity contribution in [3.05, 3.63) is 59.4 Å². The Kier molecular flexibility index (Phi) is 5.14. The fourth-order valence-corrected chi connectivity index (χ4v) is 1.84. The van der Waals surface area contributed by atoms with E-state index >= 15 is 0 Å². The third-order valence-corrected chi connectivity index (χ3v) is 2.92. The van der Waals surface area contributed by atoms with Crippen LogP contribution in [0.15, 0.2) is 42.6 Å². The molecule has 24 heavy (non-hydrogen) atoms. The normalized spacial score (nSPS) is 12.1. The van der Waals surface area contributed by atoms with Crippen LogP contribution in [0, 0.1) is 11.3 Å². The molecule has 1 heterocycles. The molecule has 0 radical (unpaired) electrons. The minimum Gasteiger partial charge on any atom is -0.434 e. The first-order valence-corrected chi connectivity index (χ1v) is 6.50. The van der Waals surface area contributed by atoms with Crippen LogP contribution in [0.25, 0.3) is 11.6 Å². The number of aromatic nitrogens is 1. The Morgan fingerprint density at radius 3 is 2.42 bits per heavy atom. The molecule has 0 unspecified atom stereocenters. The molecule has 0 saturated carbocycles. The molecule has 8 heteroatoms. The summed E-state index contributed by atoms with van der Waals surface area (Å²) in [5, 5.41) is 9.17. The first-order valence-electron chi connectivity index (χ1n) is 6.50. The lowest BCUT2D eigenvalue weighted by Crippen LogP contribution is -2.05. The Labute approximate surface area is 133 Å². The first-order chi connectivity index (χ1) is 11.3. The lowest BCUT2D eigenvalue weighted by Gasteiger charge is -2.09. The quantitative estimate of drug-likeness (QED) is 0.595. The molecule has 0 fully saturated rings. The van der Waals surface area contributed by atoms with Crippen molar-refractivity contribution in [3.8, 4) is 11.8 Å². The summed E-state index contributed by atoms with van der Waals surface area (Å²) >= 11 is 0. The third-order valence-electron chi connectivity index (χ3n) is 2.92. The van der Waals surface area contributed by atoms with Crippen LogP contribution in [0.2, 0.25) is 0 Å². The monoisotopic (exact) mass is 340 g/mol. The predicted octanol–water partition coefficient (Wildman–Crippen LogP) is 4.77. The minimum absolute atomic E-state index is 0.0163. The second kappa shape index (κ2) is 7.08. The zero-order chi connectivity index (χ0) is 17.7. The minimum atomic E-state index is -4.54. The second-order valence-corrected chi connectivity index (χ2v) is 4.52. The number of nitrogens with zero attached hydrogens (tertiary/aromatic N) is 2. The fourth-order valence-electron chi connectivity index (χ4n) is 1.84. The van der Waals surface area contributed by atoms with Gasteiger partial charge in [0.2, 0.25) is 0 Å². The smallest absolute Gasteiger partial charge is 0.417 e. The molecule has 0 aliphatic carbocycles. The van der Waals surface area contributed by atoms with Crippen molar-refractivity contribution in [2.75, 3.05) is 0 Å².